The lowest BCUT2D eigenvalue weighted by atomic mass is 10.1. The van der Waals surface area contributed by atoms with E-state index in [9.17, 15) is 9.59 Å². The Bertz CT molecular complexity index is 1080. The maximum Gasteiger partial charge on any atom is 0.282 e. The van der Waals surface area contributed by atoms with Crippen LogP contribution in [-0.2, 0) is 16.2 Å². The summed E-state index contributed by atoms with van der Waals surface area (Å²) >= 11 is 3.36. The zero-order valence-corrected chi connectivity index (χ0v) is 16.9. The molecule has 5 nitrogen and oxygen atoms in total. The summed E-state index contributed by atoms with van der Waals surface area (Å²) in [6.07, 6.45) is 1.57. The van der Waals surface area contributed by atoms with Crippen molar-refractivity contribution in [1.29, 1.82) is 0 Å². The van der Waals surface area contributed by atoms with Gasteiger partial charge in [0, 0.05) is 10.0 Å². The summed E-state index contributed by atoms with van der Waals surface area (Å²) in [5.74, 6) is -0.252. The highest BCUT2D eigenvalue weighted by Crippen LogP contribution is 2.26. The van der Waals surface area contributed by atoms with Gasteiger partial charge in [0.25, 0.3) is 11.8 Å². The maximum atomic E-state index is 12.8. The number of nitrogens with one attached hydrogen (secondary N) is 1. The number of hydrogen-bond acceptors (Lipinski definition) is 3. The van der Waals surface area contributed by atoms with E-state index in [-0.39, 0.29) is 5.57 Å². The van der Waals surface area contributed by atoms with Crippen LogP contribution in [0.3, 0.4) is 0 Å². The fourth-order valence-corrected chi connectivity index (χ4v) is 3.22. The molecule has 144 valence electrons. The van der Waals surface area contributed by atoms with Gasteiger partial charge in [0.1, 0.15) is 17.9 Å². The number of hydrogen-bond donors (Lipinski definition) is 1. The van der Waals surface area contributed by atoms with Gasteiger partial charge < -0.3 is 4.74 Å². The van der Waals surface area contributed by atoms with Gasteiger partial charge in [-0.25, -0.2) is 5.01 Å². The Kier molecular flexibility index (Phi) is 5.44. The number of carbonyl (C=O) groups is 2. The Morgan fingerprint density at radius 1 is 0.897 bits per heavy atom. The van der Waals surface area contributed by atoms with Crippen molar-refractivity contribution < 1.29 is 14.3 Å². The van der Waals surface area contributed by atoms with Crippen LogP contribution in [-0.4, -0.2) is 11.8 Å². The lowest BCUT2D eigenvalue weighted by Crippen LogP contribution is -2.35. The van der Waals surface area contributed by atoms with Gasteiger partial charge in [-0.3, -0.25) is 15.0 Å². The highest BCUT2D eigenvalue weighted by Gasteiger charge is 2.34. The minimum Gasteiger partial charge on any atom is -0.488 e. The predicted octanol–water partition coefficient (Wildman–Crippen LogP) is 4.49. The molecule has 0 spiro atoms. The first-order valence-corrected chi connectivity index (χ1v) is 9.79. The number of rotatable bonds is 5. The molecular formula is C23H17BrN2O3. The molecular weight excluding hydrogens is 432 g/mol. The molecule has 0 bridgehead atoms. The molecule has 29 heavy (non-hydrogen) atoms. The van der Waals surface area contributed by atoms with Gasteiger partial charge >= 0.3 is 0 Å². The normalized spacial score (nSPS) is 14.9. The van der Waals surface area contributed by atoms with Crippen LogP contribution in [0.1, 0.15) is 11.1 Å². The highest BCUT2D eigenvalue weighted by molar-refractivity contribution is 9.10. The van der Waals surface area contributed by atoms with Crippen LogP contribution in [0.2, 0.25) is 0 Å². The van der Waals surface area contributed by atoms with Crippen LogP contribution >= 0.6 is 15.9 Å². The molecule has 6 heteroatoms. The first kappa shape index (κ1) is 19.0. The van der Waals surface area contributed by atoms with Crippen molar-refractivity contribution in [3.05, 3.63) is 100 Å². The summed E-state index contributed by atoms with van der Waals surface area (Å²) in [4.78, 5) is 25.3. The van der Waals surface area contributed by atoms with Crippen LogP contribution in [0.25, 0.3) is 6.08 Å². The van der Waals surface area contributed by atoms with Gasteiger partial charge in [-0.05, 0) is 42.0 Å². The largest absolute Gasteiger partial charge is 0.488 e. The number of carbonyl (C=O) groups excluding carboxylic acids is 2. The van der Waals surface area contributed by atoms with Crippen molar-refractivity contribution in [3.8, 4) is 5.75 Å². The van der Waals surface area contributed by atoms with Gasteiger partial charge in [0.15, 0.2) is 0 Å². The predicted molar refractivity (Wildman–Crippen MR) is 115 cm³/mol. The van der Waals surface area contributed by atoms with Crippen LogP contribution in [0.5, 0.6) is 5.75 Å². The second kappa shape index (κ2) is 8.32. The number of ether oxygens (including phenoxy) is 1. The lowest BCUT2D eigenvalue weighted by Gasteiger charge is -2.14. The molecule has 0 atom stereocenters. The molecule has 0 unspecified atom stereocenters. The Balaban J connectivity index is 1.58. The van der Waals surface area contributed by atoms with E-state index in [1.165, 1.54) is 5.01 Å². The SMILES string of the molecule is O=C1NN(c2ccc(Br)cc2)C(=O)C1=Cc1ccccc1OCc1ccccc1. The average molecular weight is 449 g/mol. The summed E-state index contributed by atoms with van der Waals surface area (Å²) in [6.45, 7) is 0.395. The van der Waals surface area contributed by atoms with E-state index in [4.69, 9.17) is 4.74 Å². The van der Waals surface area contributed by atoms with E-state index in [0.717, 1.165) is 10.0 Å². The molecule has 1 N–H and O–H groups in total. The third kappa shape index (κ3) is 4.22. The number of halogens is 1. The summed E-state index contributed by atoms with van der Waals surface area (Å²) in [6, 6.07) is 24.2. The van der Waals surface area contributed by atoms with Gasteiger partial charge in [0.2, 0.25) is 0 Å². The first-order chi connectivity index (χ1) is 14.1. The molecule has 1 aliphatic rings. The molecule has 1 heterocycles. The van der Waals surface area contributed by atoms with Crippen molar-refractivity contribution in [3.63, 3.8) is 0 Å². The lowest BCUT2D eigenvalue weighted by molar-refractivity contribution is -0.117. The maximum absolute atomic E-state index is 12.8. The summed E-state index contributed by atoms with van der Waals surface area (Å²) in [5, 5.41) is 1.24. The second-order valence-electron chi connectivity index (χ2n) is 6.43. The van der Waals surface area contributed by atoms with Gasteiger partial charge in [-0.2, -0.15) is 0 Å². The second-order valence-corrected chi connectivity index (χ2v) is 7.34. The zero-order chi connectivity index (χ0) is 20.2. The molecule has 1 aliphatic heterocycles. The molecule has 0 aliphatic carbocycles. The minimum absolute atomic E-state index is 0.0590. The number of benzene rings is 3. The molecule has 1 fully saturated rings. The fraction of sp³-hybridized carbons (Fsp3) is 0.0435. The van der Waals surface area contributed by atoms with Crippen LogP contribution in [0, 0.1) is 0 Å². The van der Waals surface area contributed by atoms with E-state index in [1.54, 1.807) is 18.2 Å². The van der Waals surface area contributed by atoms with Crippen molar-refractivity contribution in [2.45, 2.75) is 6.61 Å². The van der Waals surface area contributed by atoms with E-state index in [2.05, 4.69) is 21.4 Å². The molecule has 3 aromatic rings. The zero-order valence-electron chi connectivity index (χ0n) is 15.3. The number of amides is 2. The third-order valence-corrected chi connectivity index (χ3v) is 4.96. The summed E-state index contributed by atoms with van der Waals surface area (Å²) in [5.41, 5.74) is 4.95. The highest BCUT2D eigenvalue weighted by atomic mass is 79.9. The van der Waals surface area contributed by atoms with Crippen molar-refractivity contribution in [2.75, 3.05) is 5.01 Å². The van der Waals surface area contributed by atoms with Gasteiger partial charge in [-0.1, -0.05) is 64.5 Å². The Morgan fingerprint density at radius 2 is 1.59 bits per heavy atom. The number of nitrogens with zero attached hydrogens (tertiary/aromatic N) is 1. The van der Waals surface area contributed by atoms with E-state index < -0.39 is 11.8 Å². The Hall–Kier alpha value is -3.38. The molecule has 3 aromatic carbocycles. The van der Waals surface area contributed by atoms with Gasteiger partial charge in [-0.15, -0.1) is 0 Å². The summed E-state index contributed by atoms with van der Waals surface area (Å²) < 4.78 is 6.81. The van der Waals surface area contributed by atoms with Crippen molar-refractivity contribution >= 4 is 39.5 Å². The summed E-state index contributed by atoms with van der Waals surface area (Å²) in [7, 11) is 0. The van der Waals surface area contributed by atoms with E-state index in [0.29, 0.717) is 23.6 Å². The van der Waals surface area contributed by atoms with Crippen LogP contribution in [0.15, 0.2) is 88.9 Å². The molecule has 0 aromatic heterocycles. The average Bonchev–Trinajstić information content (AvgIpc) is 3.03. The molecule has 4 rings (SSSR count). The number of hydrazine groups is 1. The minimum atomic E-state index is -0.448. The monoisotopic (exact) mass is 448 g/mol. The van der Waals surface area contributed by atoms with E-state index >= 15 is 0 Å². The standard InChI is InChI=1S/C23H17BrN2O3/c24-18-10-12-19(13-11-18)26-23(28)20(22(27)25-26)14-17-8-4-5-9-21(17)29-15-16-6-2-1-3-7-16/h1-14H,15H2,(H,25,27). The van der Waals surface area contributed by atoms with Crippen molar-refractivity contribution in [2.24, 2.45) is 0 Å². The Labute approximate surface area is 176 Å². The number of anilines is 1. The molecule has 2 amide bonds. The quantitative estimate of drug-likeness (QED) is 0.462. The third-order valence-electron chi connectivity index (χ3n) is 4.43. The van der Waals surface area contributed by atoms with Gasteiger partial charge in [0.05, 0.1) is 5.69 Å². The fourth-order valence-electron chi connectivity index (χ4n) is 2.95. The van der Waals surface area contributed by atoms with Crippen molar-refractivity contribution in [1.82, 2.24) is 5.43 Å². The molecule has 0 saturated carbocycles. The van der Waals surface area contributed by atoms with Crippen LogP contribution in [0.4, 0.5) is 5.69 Å². The van der Waals surface area contributed by atoms with E-state index in [1.807, 2.05) is 66.7 Å². The topological polar surface area (TPSA) is 58.6 Å². The van der Waals surface area contributed by atoms with Crippen LogP contribution < -0.4 is 15.2 Å². The molecule has 0 radical (unpaired) electrons. The smallest absolute Gasteiger partial charge is 0.282 e. The Morgan fingerprint density at radius 3 is 2.34 bits per heavy atom. The number of para-hydroxylation sites is 1. The first-order valence-electron chi connectivity index (χ1n) is 9.00. The molecule has 1 saturated heterocycles.